The van der Waals surface area contributed by atoms with E-state index < -0.39 is 0 Å². The molecule has 1 aromatic heterocycles. The number of aromatic nitrogens is 1. The van der Waals surface area contributed by atoms with Gasteiger partial charge in [-0.15, -0.1) is 0 Å². The van der Waals surface area contributed by atoms with E-state index in [4.69, 9.17) is 10.5 Å². The van der Waals surface area contributed by atoms with Crippen LogP contribution in [0.25, 0.3) is 10.8 Å². The molecule has 5 nitrogen and oxygen atoms in total. The van der Waals surface area contributed by atoms with Crippen LogP contribution in [0.2, 0.25) is 0 Å². The molecule has 3 rings (SSSR count). The van der Waals surface area contributed by atoms with E-state index in [2.05, 4.69) is 4.98 Å². The molecule has 3 N–H and O–H groups in total. The fourth-order valence-corrected chi connectivity index (χ4v) is 3.15. The second kappa shape index (κ2) is 6.53. The van der Waals surface area contributed by atoms with Gasteiger partial charge in [-0.1, -0.05) is 24.3 Å². The summed E-state index contributed by atoms with van der Waals surface area (Å²) in [5, 5.41) is 1.12. The van der Waals surface area contributed by atoms with Crippen molar-refractivity contribution in [1.29, 1.82) is 0 Å². The van der Waals surface area contributed by atoms with Crippen LogP contribution in [-0.4, -0.2) is 17.9 Å². The summed E-state index contributed by atoms with van der Waals surface area (Å²) in [7, 11) is 1.57. The standard InChI is InChI=1S/C20H20N2O3/c1-11-13(7-8-14(12(2)21)19(11)25-3)18(23)16-5-4-6-17-15(16)9-10-22-20(17)24/h4-10,12H,21H2,1-3H3,(H,22,24). The lowest BCUT2D eigenvalue weighted by atomic mass is 9.92. The number of carbonyl (C=O) groups excluding carboxylic acids is 1. The first-order valence-corrected chi connectivity index (χ1v) is 8.04. The second-order valence-corrected chi connectivity index (χ2v) is 6.05. The molecule has 0 bridgehead atoms. The van der Waals surface area contributed by atoms with Crippen LogP contribution < -0.4 is 16.0 Å². The molecule has 25 heavy (non-hydrogen) atoms. The molecule has 0 fully saturated rings. The molecule has 0 radical (unpaired) electrons. The number of hydrogen-bond acceptors (Lipinski definition) is 4. The molecule has 3 aromatic rings. The lowest BCUT2D eigenvalue weighted by Crippen LogP contribution is -2.12. The maximum Gasteiger partial charge on any atom is 0.255 e. The van der Waals surface area contributed by atoms with Gasteiger partial charge in [-0.25, -0.2) is 0 Å². The first kappa shape index (κ1) is 16.9. The number of nitrogens with two attached hydrogens (primary N) is 1. The Morgan fingerprint density at radius 3 is 2.56 bits per heavy atom. The minimum absolute atomic E-state index is 0.150. The summed E-state index contributed by atoms with van der Waals surface area (Å²) < 4.78 is 5.48. The van der Waals surface area contributed by atoms with Crippen molar-refractivity contribution in [2.45, 2.75) is 19.9 Å². The Hall–Kier alpha value is -2.92. The molecule has 0 aliphatic heterocycles. The molecular formula is C20H20N2O3. The van der Waals surface area contributed by atoms with Crippen molar-refractivity contribution in [2.24, 2.45) is 5.73 Å². The van der Waals surface area contributed by atoms with Gasteiger partial charge < -0.3 is 15.5 Å². The normalized spacial score (nSPS) is 12.2. The van der Waals surface area contributed by atoms with E-state index in [0.29, 0.717) is 27.6 Å². The third-order valence-corrected chi connectivity index (χ3v) is 4.44. The smallest absolute Gasteiger partial charge is 0.255 e. The summed E-state index contributed by atoms with van der Waals surface area (Å²) in [5.74, 6) is 0.474. The van der Waals surface area contributed by atoms with Crippen molar-refractivity contribution in [1.82, 2.24) is 4.98 Å². The average molecular weight is 336 g/mol. The molecule has 0 spiro atoms. The Morgan fingerprint density at radius 2 is 1.88 bits per heavy atom. The summed E-state index contributed by atoms with van der Waals surface area (Å²) in [6.07, 6.45) is 1.55. The average Bonchev–Trinajstić information content (AvgIpc) is 2.60. The largest absolute Gasteiger partial charge is 0.496 e. The first-order valence-electron chi connectivity index (χ1n) is 8.04. The summed E-state index contributed by atoms with van der Waals surface area (Å²) in [6, 6.07) is 10.3. The number of ketones is 1. The number of nitrogens with one attached hydrogen (secondary N) is 1. The molecule has 1 atom stereocenters. The van der Waals surface area contributed by atoms with Gasteiger partial charge in [0.15, 0.2) is 5.78 Å². The van der Waals surface area contributed by atoms with Crippen molar-refractivity contribution in [3.8, 4) is 5.75 Å². The van der Waals surface area contributed by atoms with E-state index in [-0.39, 0.29) is 17.4 Å². The maximum atomic E-state index is 13.1. The van der Waals surface area contributed by atoms with E-state index in [9.17, 15) is 9.59 Å². The molecule has 1 unspecified atom stereocenters. The van der Waals surface area contributed by atoms with Gasteiger partial charge in [0, 0.05) is 39.9 Å². The highest BCUT2D eigenvalue weighted by Crippen LogP contribution is 2.32. The Labute approximate surface area is 145 Å². The second-order valence-electron chi connectivity index (χ2n) is 6.05. The molecule has 0 saturated heterocycles. The zero-order valence-corrected chi connectivity index (χ0v) is 14.4. The number of benzene rings is 2. The molecule has 0 aliphatic rings. The highest BCUT2D eigenvalue weighted by Gasteiger charge is 2.20. The summed E-state index contributed by atoms with van der Waals surface area (Å²) in [5.41, 5.74) is 8.39. The van der Waals surface area contributed by atoms with Crippen LogP contribution in [0.4, 0.5) is 0 Å². The van der Waals surface area contributed by atoms with Crippen LogP contribution in [0.1, 0.15) is 40.0 Å². The van der Waals surface area contributed by atoms with E-state index in [0.717, 1.165) is 11.1 Å². The third-order valence-electron chi connectivity index (χ3n) is 4.44. The summed E-state index contributed by atoms with van der Waals surface area (Å²) in [4.78, 5) is 27.7. The zero-order valence-electron chi connectivity index (χ0n) is 14.4. The van der Waals surface area contributed by atoms with Gasteiger partial charge in [0.1, 0.15) is 5.75 Å². The number of H-pyrrole nitrogens is 1. The van der Waals surface area contributed by atoms with Gasteiger partial charge in [-0.2, -0.15) is 0 Å². The molecular weight excluding hydrogens is 316 g/mol. The maximum absolute atomic E-state index is 13.1. The molecule has 5 heteroatoms. The van der Waals surface area contributed by atoms with Crippen LogP contribution in [0.15, 0.2) is 47.4 Å². The van der Waals surface area contributed by atoms with Gasteiger partial charge in [0.2, 0.25) is 0 Å². The van der Waals surface area contributed by atoms with Gasteiger partial charge in [0.25, 0.3) is 5.56 Å². The Balaban J connectivity index is 2.21. The minimum Gasteiger partial charge on any atom is -0.496 e. The summed E-state index contributed by atoms with van der Waals surface area (Å²) >= 11 is 0. The molecule has 1 heterocycles. The number of methoxy groups -OCH3 is 1. The van der Waals surface area contributed by atoms with Crippen LogP contribution in [-0.2, 0) is 0 Å². The first-order chi connectivity index (χ1) is 12.0. The number of rotatable bonds is 4. The fraction of sp³-hybridized carbons (Fsp3) is 0.200. The number of hydrogen-bond donors (Lipinski definition) is 2. The van der Waals surface area contributed by atoms with Crippen molar-refractivity contribution < 1.29 is 9.53 Å². The molecule has 0 amide bonds. The van der Waals surface area contributed by atoms with Crippen LogP contribution in [0.5, 0.6) is 5.75 Å². The molecule has 2 aromatic carbocycles. The van der Waals surface area contributed by atoms with Gasteiger partial charge in [0.05, 0.1) is 7.11 Å². The van der Waals surface area contributed by atoms with Gasteiger partial charge in [-0.05, 0) is 31.4 Å². The number of ether oxygens (including phenoxy) is 1. The molecule has 0 aliphatic carbocycles. The van der Waals surface area contributed by atoms with Crippen molar-refractivity contribution in [2.75, 3.05) is 7.11 Å². The predicted molar refractivity (Wildman–Crippen MR) is 98.3 cm³/mol. The van der Waals surface area contributed by atoms with Crippen molar-refractivity contribution in [3.05, 3.63) is 75.2 Å². The van der Waals surface area contributed by atoms with Crippen molar-refractivity contribution in [3.63, 3.8) is 0 Å². The van der Waals surface area contributed by atoms with E-state index in [1.807, 2.05) is 19.9 Å². The van der Waals surface area contributed by atoms with Crippen LogP contribution in [0, 0.1) is 6.92 Å². The summed E-state index contributed by atoms with van der Waals surface area (Å²) in [6.45, 7) is 3.71. The highest BCUT2D eigenvalue weighted by molar-refractivity contribution is 6.17. The molecule has 128 valence electrons. The lowest BCUT2D eigenvalue weighted by Gasteiger charge is -2.17. The van der Waals surface area contributed by atoms with Crippen LogP contribution >= 0.6 is 0 Å². The quantitative estimate of drug-likeness (QED) is 0.717. The van der Waals surface area contributed by atoms with Gasteiger partial charge >= 0.3 is 0 Å². The topological polar surface area (TPSA) is 85.2 Å². The van der Waals surface area contributed by atoms with Crippen molar-refractivity contribution >= 4 is 16.6 Å². The third kappa shape index (κ3) is 2.83. The Bertz CT molecular complexity index is 1020. The number of pyridine rings is 1. The Morgan fingerprint density at radius 1 is 1.12 bits per heavy atom. The zero-order chi connectivity index (χ0) is 18.1. The van der Waals surface area contributed by atoms with E-state index >= 15 is 0 Å². The SMILES string of the molecule is COc1c(C(C)N)ccc(C(=O)c2cccc3c(=O)[nH]ccc23)c1C. The highest BCUT2D eigenvalue weighted by atomic mass is 16.5. The van der Waals surface area contributed by atoms with E-state index in [1.165, 1.54) is 0 Å². The Kier molecular flexibility index (Phi) is 4.42. The number of fused-ring (bicyclic) bond motifs is 1. The lowest BCUT2D eigenvalue weighted by molar-refractivity contribution is 0.103. The molecule has 0 saturated carbocycles. The number of aromatic amines is 1. The van der Waals surface area contributed by atoms with Gasteiger partial charge in [-0.3, -0.25) is 9.59 Å². The minimum atomic E-state index is -0.214. The predicted octanol–water partition coefficient (Wildman–Crippen LogP) is 3.10. The number of carbonyl (C=O) groups is 1. The monoisotopic (exact) mass is 336 g/mol. The fourth-order valence-electron chi connectivity index (χ4n) is 3.15. The van der Waals surface area contributed by atoms with E-state index in [1.54, 1.807) is 43.6 Å². The van der Waals surface area contributed by atoms with Crippen LogP contribution in [0.3, 0.4) is 0 Å².